The minimum Gasteiger partial charge on any atom is -0.309 e. The van der Waals surface area contributed by atoms with Gasteiger partial charge in [-0.3, -0.25) is 0 Å². The highest BCUT2D eigenvalue weighted by molar-refractivity contribution is 5.71. The van der Waals surface area contributed by atoms with Crippen LogP contribution in [0.5, 0.6) is 0 Å². The minimum atomic E-state index is 0.988. The second-order valence-corrected chi connectivity index (χ2v) is 2.07. The van der Waals surface area contributed by atoms with Crippen LogP contribution >= 0.6 is 0 Å². The third-order valence-corrected chi connectivity index (χ3v) is 1.10. The molecule has 0 aromatic carbocycles. The van der Waals surface area contributed by atoms with E-state index in [1.165, 1.54) is 6.21 Å². The summed E-state index contributed by atoms with van der Waals surface area (Å²) in [5.41, 5.74) is 2.00. The van der Waals surface area contributed by atoms with Gasteiger partial charge in [0.05, 0.1) is 0 Å². The molecule has 0 heterocycles. The normalized spacial score (nSPS) is 12.0. The standard InChI is InChI=1S/C9H13N/c1-4-5-9(6-7-10)8(2)3/h4-7,10H,2H2,1,3H3. The Balaban J connectivity index is 4.41. The topological polar surface area (TPSA) is 23.9 Å². The van der Waals surface area contributed by atoms with E-state index in [9.17, 15) is 0 Å². The number of hydrogen-bond donors (Lipinski definition) is 1. The average molecular weight is 135 g/mol. The zero-order valence-electron chi connectivity index (χ0n) is 6.52. The Kier molecular flexibility index (Phi) is 4.21. The lowest BCUT2D eigenvalue weighted by molar-refractivity contribution is 1.44. The zero-order chi connectivity index (χ0) is 7.98. The van der Waals surface area contributed by atoms with Crippen molar-refractivity contribution >= 4 is 6.21 Å². The van der Waals surface area contributed by atoms with Gasteiger partial charge in [-0.05, 0) is 25.5 Å². The van der Waals surface area contributed by atoms with Gasteiger partial charge in [0.25, 0.3) is 0 Å². The molecule has 1 N–H and O–H groups in total. The molecular weight excluding hydrogens is 122 g/mol. The molecule has 0 unspecified atom stereocenters. The molecule has 0 radical (unpaired) electrons. The minimum absolute atomic E-state index is 0.988. The van der Waals surface area contributed by atoms with Crippen LogP contribution in [-0.4, -0.2) is 6.21 Å². The van der Waals surface area contributed by atoms with E-state index in [-0.39, 0.29) is 0 Å². The summed E-state index contributed by atoms with van der Waals surface area (Å²) in [7, 11) is 0. The van der Waals surface area contributed by atoms with Gasteiger partial charge >= 0.3 is 0 Å². The van der Waals surface area contributed by atoms with E-state index in [1.54, 1.807) is 6.08 Å². The summed E-state index contributed by atoms with van der Waals surface area (Å²) in [5.74, 6) is 0. The monoisotopic (exact) mass is 135 g/mol. The van der Waals surface area contributed by atoms with Gasteiger partial charge in [-0.1, -0.05) is 24.3 Å². The first-order valence-corrected chi connectivity index (χ1v) is 3.21. The van der Waals surface area contributed by atoms with E-state index in [4.69, 9.17) is 5.41 Å². The largest absolute Gasteiger partial charge is 0.309 e. The summed E-state index contributed by atoms with van der Waals surface area (Å²) >= 11 is 0. The number of allylic oxidation sites excluding steroid dienone is 5. The first-order valence-electron chi connectivity index (χ1n) is 3.21. The molecule has 0 spiro atoms. The maximum absolute atomic E-state index is 6.83. The molecule has 10 heavy (non-hydrogen) atoms. The van der Waals surface area contributed by atoms with Crippen LogP contribution in [0.3, 0.4) is 0 Å². The Labute approximate surface area is 62.3 Å². The van der Waals surface area contributed by atoms with Crippen LogP contribution in [0.15, 0.2) is 36.0 Å². The Morgan fingerprint density at radius 3 is 2.40 bits per heavy atom. The van der Waals surface area contributed by atoms with E-state index < -0.39 is 0 Å². The molecule has 0 aliphatic heterocycles. The maximum atomic E-state index is 6.83. The summed E-state index contributed by atoms with van der Waals surface area (Å²) in [6, 6.07) is 0. The van der Waals surface area contributed by atoms with E-state index in [0.717, 1.165) is 11.1 Å². The Bertz CT molecular complexity index is 185. The van der Waals surface area contributed by atoms with Gasteiger partial charge < -0.3 is 5.41 Å². The van der Waals surface area contributed by atoms with Crippen molar-refractivity contribution in [3.8, 4) is 0 Å². The van der Waals surface area contributed by atoms with Crippen molar-refractivity contribution in [2.24, 2.45) is 0 Å². The van der Waals surface area contributed by atoms with Crippen molar-refractivity contribution < 1.29 is 0 Å². The van der Waals surface area contributed by atoms with Gasteiger partial charge in [-0.15, -0.1) is 0 Å². The Morgan fingerprint density at radius 1 is 1.50 bits per heavy atom. The van der Waals surface area contributed by atoms with Crippen molar-refractivity contribution in [1.82, 2.24) is 0 Å². The molecule has 0 amide bonds. The summed E-state index contributed by atoms with van der Waals surface area (Å²) in [6.07, 6.45) is 6.86. The molecule has 0 saturated heterocycles. The zero-order valence-corrected chi connectivity index (χ0v) is 6.52. The van der Waals surface area contributed by atoms with Crippen molar-refractivity contribution in [2.45, 2.75) is 13.8 Å². The Hall–Kier alpha value is -1.11. The fourth-order valence-electron chi connectivity index (χ4n) is 0.609. The second kappa shape index (κ2) is 4.74. The van der Waals surface area contributed by atoms with Gasteiger partial charge in [0.1, 0.15) is 0 Å². The SMILES string of the molecule is C=C(C)C(C=CC)=CC=N. The molecule has 0 fully saturated rings. The third kappa shape index (κ3) is 3.02. The first-order chi connectivity index (χ1) is 4.72. The molecule has 0 aromatic heterocycles. The van der Waals surface area contributed by atoms with E-state index in [1.807, 2.05) is 26.0 Å². The van der Waals surface area contributed by atoms with Gasteiger partial charge in [0.2, 0.25) is 0 Å². The molecule has 0 aromatic rings. The molecule has 1 heteroatoms. The molecular formula is C9H13N. The van der Waals surface area contributed by atoms with Gasteiger partial charge in [-0.2, -0.15) is 0 Å². The summed E-state index contributed by atoms with van der Waals surface area (Å²) in [4.78, 5) is 0. The van der Waals surface area contributed by atoms with Crippen molar-refractivity contribution in [3.63, 3.8) is 0 Å². The van der Waals surface area contributed by atoms with Crippen molar-refractivity contribution in [2.75, 3.05) is 0 Å². The fraction of sp³-hybridized carbons (Fsp3) is 0.222. The quantitative estimate of drug-likeness (QED) is 0.454. The molecule has 0 rings (SSSR count). The van der Waals surface area contributed by atoms with Crippen LogP contribution in [0.25, 0.3) is 0 Å². The highest BCUT2D eigenvalue weighted by atomic mass is 14.3. The first kappa shape index (κ1) is 8.89. The maximum Gasteiger partial charge on any atom is 0.0183 e. The Morgan fingerprint density at radius 2 is 2.10 bits per heavy atom. The molecule has 1 nitrogen and oxygen atoms in total. The van der Waals surface area contributed by atoms with Crippen LogP contribution in [-0.2, 0) is 0 Å². The van der Waals surface area contributed by atoms with Crippen molar-refractivity contribution in [1.29, 1.82) is 5.41 Å². The summed E-state index contributed by atoms with van der Waals surface area (Å²) in [6.45, 7) is 7.64. The van der Waals surface area contributed by atoms with Crippen LogP contribution in [0.1, 0.15) is 13.8 Å². The molecule has 0 aliphatic carbocycles. The van der Waals surface area contributed by atoms with Crippen LogP contribution in [0, 0.1) is 5.41 Å². The molecule has 0 saturated carbocycles. The molecule has 0 aliphatic rings. The van der Waals surface area contributed by atoms with E-state index in [0.29, 0.717) is 0 Å². The highest BCUT2D eigenvalue weighted by Crippen LogP contribution is 2.06. The van der Waals surface area contributed by atoms with Gasteiger partial charge in [0, 0.05) is 6.21 Å². The predicted octanol–water partition coefficient (Wildman–Crippen LogP) is 2.71. The molecule has 0 bridgehead atoms. The number of rotatable bonds is 3. The molecule has 0 atom stereocenters. The van der Waals surface area contributed by atoms with Gasteiger partial charge in [0.15, 0.2) is 0 Å². The third-order valence-electron chi connectivity index (χ3n) is 1.10. The lowest BCUT2D eigenvalue weighted by Gasteiger charge is -1.95. The number of nitrogens with one attached hydrogen (secondary N) is 1. The summed E-state index contributed by atoms with van der Waals surface area (Å²) < 4.78 is 0. The highest BCUT2D eigenvalue weighted by Gasteiger charge is 1.88. The smallest absolute Gasteiger partial charge is 0.0183 e. The van der Waals surface area contributed by atoms with Crippen LogP contribution in [0.4, 0.5) is 0 Å². The van der Waals surface area contributed by atoms with Gasteiger partial charge in [-0.25, -0.2) is 0 Å². The number of hydrogen-bond acceptors (Lipinski definition) is 1. The van der Waals surface area contributed by atoms with E-state index in [2.05, 4.69) is 6.58 Å². The van der Waals surface area contributed by atoms with E-state index >= 15 is 0 Å². The summed E-state index contributed by atoms with van der Waals surface area (Å²) in [5, 5.41) is 6.83. The lowest BCUT2D eigenvalue weighted by Crippen LogP contribution is -1.78. The van der Waals surface area contributed by atoms with Crippen LogP contribution < -0.4 is 0 Å². The molecule has 54 valence electrons. The second-order valence-electron chi connectivity index (χ2n) is 2.07. The van der Waals surface area contributed by atoms with Crippen LogP contribution in [0.2, 0.25) is 0 Å². The average Bonchev–Trinajstić information content (AvgIpc) is 1.87. The van der Waals surface area contributed by atoms with Crippen molar-refractivity contribution in [3.05, 3.63) is 36.0 Å². The fourth-order valence-corrected chi connectivity index (χ4v) is 0.609. The lowest BCUT2D eigenvalue weighted by atomic mass is 10.1. The predicted molar refractivity (Wildman–Crippen MR) is 46.5 cm³/mol.